The predicted molar refractivity (Wildman–Crippen MR) is 38.8 cm³/mol. The molecule has 0 aliphatic heterocycles. The van der Waals surface area contributed by atoms with Crippen molar-refractivity contribution in [2.45, 2.75) is 10.3 Å². The molecule has 0 amide bonds. The monoisotopic (exact) mass is 278 g/mol. The highest BCUT2D eigenvalue weighted by Crippen LogP contribution is 2.18. The van der Waals surface area contributed by atoms with E-state index in [4.69, 9.17) is 0 Å². The van der Waals surface area contributed by atoms with Gasteiger partial charge in [0, 0.05) is 0 Å². The number of carbonyl (C=O) groups excluding carboxylic acids is 1. The number of halogens is 4. The van der Waals surface area contributed by atoms with Crippen LogP contribution < -0.4 is 0 Å². The van der Waals surface area contributed by atoms with Crippen molar-refractivity contribution in [3.8, 4) is 12.3 Å². The molecule has 62 valence electrons. The molecular formula is C5H2F3IO2. The standard InChI is InChI=1S/C5H2F3IO2/c1-2-3(9)11-4(10)5(6,7)8/h1,3H. The van der Waals surface area contributed by atoms with Crippen LogP contribution >= 0.6 is 22.6 Å². The van der Waals surface area contributed by atoms with Crippen molar-refractivity contribution in [2.75, 3.05) is 0 Å². The van der Waals surface area contributed by atoms with Crippen LogP contribution in [0.3, 0.4) is 0 Å². The van der Waals surface area contributed by atoms with Gasteiger partial charge in [-0.05, 0) is 22.6 Å². The maximum atomic E-state index is 11.4. The predicted octanol–water partition coefficient (Wildman–Crippen LogP) is 1.49. The van der Waals surface area contributed by atoms with E-state index in [1.165, 1.54) is 22.6 Å². The quantitative estimate of drug-likeness (QED) is 0.314. The molecule has 0 aliphatic rings. The van der Waals surface area contributed by atoms with Crippen LogP contribution in [0.15, 0.2) is 0 Å². The zero-order valence-corrected chi connectivity index (χ0v) is 7.14. The van der Waals surface area contributed by atoms with Crippen molar-refractivity contribution in [2.24, 2.45) is 0 Å². The van der Waals surface area contributed by atoms with E-state index in [0.29, 0.717) is 0 Å². The van der Waals surface area contributed by atoms with E-state index < -0.39 is 16.3 Å². The molecule has 0 aromatic heterocycles. The molecule has 1 atom stereocenters. The molecule has 0 bridgehead atoms. The third-order valence-electron chi connectivity index (χ3n) is 0.573. The van der Waals surface area contributed by atoms with Crippen LogP contribution in [0.4, 0.5) is 13.2 Å². The lowest BCUT2D eigenvalue weighted by Gasteiger charge is -2.07. The van der Waals surface area contributed by atoms with Crippen LogP contribution in [-0.2, 0) is 9.53 Å². The SMILES string of the molecule is C#CC(I)OC(=O)C(F)(F)F. The minimum atomic E-state index is -4.97. The fourth-order valence-corrected chi connectivity index (χ4v) is 0.426. The lowest BCUT2D eigenvalue weighted by Crippen LogP contribution is -2.27. The second kappa shape index (κ2) is 3.80. The Hall–Kier alpha value is -0.450. The summed E-state index contributed by atoms with van der Waals surface area (Å²) >= 11 is 1.38. The zero-order valence-electron chi connectivity index (χ0n) is 4.98. The molecule has 0 aliphatic carbocycles. The van der Waals surface area contributed by atoms with Crippen LogP contribution in [-0.4, -0.2) is 16.3 Å². The van der Waals surface area contributed by atoms with Crippen molar-refractivity contribution in [1.82, 2.24) is 0 Å². The molecule has 1 unspecified atom stereocenters. The maximum Gasteiger partial charge on any atom is 0.490 e. The summed E-state index contributed by atoms with van der Waals surface area (Å²) in [5.41, 5.74) is 0. The molecule has 6 heteroatoms. The number of ether oxygens (including phenoxy) is 1. The van der Waals surface area contributed by atoms with E-state index in [2.05, 4.69) is 11.2 Å². The van der Waals surface area contributed by atoms with Gasteiger partial charge in [-0.3, -0.25) is 0 Å². The van der Waals surface area contributed by atoms with Crippen molar-refractivity contribution in [3.63, 3.8) is 0 Å². The van der Waals surface area contributed by atoms with Gasteiger partial charge in [-0.1, -0.05) is 5.92 Å². The Bertz CT molecular complexity index is 193. The summed E-state index contributed by atoms with van der Waals surface area (Å²) in [5, 5.41) is 0. The van der Waals surface area contributed by atoms with Gasteiger partial charge in [-0.25, -0.2) is 4.79 Å². The van der Waals surface area contributed by atoms with Gasteiger partial charge >= 0.3 is 12.1 Å². The van der Waals surface area contributed by atoms with Crippen LogP contribution in [0.25, 0.3) is 0 Å². The minimum absolute atomic E-state index is 1.18. The van der Waals surface area contributed by atoms with Gasteiger partial charge in [0.15, 0.2) is 0 Å². The van der Waals surface area contributed by atoms with Crippen LogP contribution in [0.5, 0.6) is 0 Å². The summed E-state index contributed by atoms with van der Waals surface area (Å²) in [7, 11) is 0. The second-order valence-corrected chi connectivity index (χ2v) is 2.52. The average Bonchev–Trinajstić information content (AvgIpc) is 1.85. The largest absolute Gasteiger partial charge is 0.490 e. The second-order valence-electron chi connectivity index (χ2n) is 1.39. The van der Waals surface area contributed by atoms with E-state index in [9.17, 15) is 18.0 Å². The number of rotatable bonds is 1. The first-order chi connectivity index (χ1) is 4.88. The molecule has 0 radical (unpaired) electrons. The Morgan fingerprint density at radius 3 is 2.36 bits per heavy atom. The molecule has 0 saturated carbocycles. The fraction of sp³-hybridized carbons (Fsp3) is 0.400. The lowest BCUT2D eigenvalue weighted by atomic mass is 10.6. The Kier molecular flexibility index (Phi) is 3.65. The van der Waals surface area contributed by atoms with Gasteiger partial charge in [-0.2, -0.15) is 13.2 Å². The molecule has 2 nitrogen and oxygen atoms in total. The van der Waals surface area contributed by atoms with E-state index in [-0.39, 0.29) is 0 Å². The Morgan fingerprint density at radius 2 is 2.09 bits per heavy atom. The molecule has 0 N–H and O–H groups in total. The smallest absolute Gasteiger partial charge is 0.433 e. The maximum absolute atomic E-state index is 11.4. The number of terminal acetylenes is 1. The van der Waals surface area contributed by atoms with Crippen molar-refractivity contribution < 1.29 is 22.7 Å². The summed E-state index contributed by atoms with van der Waals surface area (Å²) in [6.45, 7) is 0. The van der Waals surface area contributed by atoms with Gasteiger partial charge < -0.3 is 4.74 Å². The Balaban J connectivity index is 4.01. The highest BCUT2D eigenvalue weighted by Gasteiger charge is 2.41. The molecule has 0 aromatic carbocycles. The molecule has 0 aromatic rings. The first kappa shape index (κ1) is 10.6. The first-order valence-corrected chi connectivity index (χ1v) is 3.50. The summed E-state index contributed by atoms with van der Waals surface area (Å²) in [5.74, 6) is -0.457. The third kappa shape index (κ3) is 4.08. The molecule has 0 heterocycles. The van der Waals surface area contributed by atoms with Crippen molar-refractivity contribution in [1.29, 1.82) is 0 Å². The highest BCUT2D eigenvalue weighted by atomic mass is 127. The van der Waals surface area contributed by atoms with E-state index in [0.717, 1.165) is 0 Å². The Labute approximate surface area is 74.2 Å². The van der Waals surface area contributed by atoms with Crippen molar-refractivity contribution in [3.05, 3.63) is 0 Å². The van der Waals surface area contributed by atoms with E-state index >= 15 is 0 Å². The number of alkyl halides is 4. The summed E-state index contributed by atoms with van der Waals surface area (Å²) in [6.07, 6.45) is -0.310. The fourth-order valence-electron chi connectivity index (χ4n) is 0.195. The van der Waals surface area contributed by atoms with E-state index in [1.54, 1.807) is 0 Å². The molecular weight excluding hydrogens is 276 g/mol. The topological polar surface area (TPSA) is 26.3 Å². The normalized spacial score (nSPS) is 13.4. The summed E-state index contributed by atoms with van der Waals surface area (Å²) < 4.78 is 36.8. The number of hydrogen-bond acceptors (Lipinski definition) is 2. The van der Waals surface area contributed by atoms with Gasteiger partial charge in [0.2, 0.25) is 4.11 Å². The molecule has 0 fully saturated rings. The summed E-state index contributed by atoms with van der Waals surface area (Å²) in [4.78, 5) is 9.99. The first-order valence-electron chi connectivity index (χ1n) is 2.26. The van der Waals surface area contributed by atoms with Gasteiger partial charge in [-0.15, -0.1) is 6.42 Å². The molecule has 0 rings (SSSR count). The number of esters is 1. The van der Waals surface area contributed by atoms with Crippen molar-refractivity contribution >= 4 is 28.6 Å². The molecule has 0 saturated heterocycles. The number of hydrogen-bond donors (Lipinski definition) is 0. The van der Waals surface area contributed by atoms with Gasteiger partial charge in [0.05, 0.1) is 0 Å². The highest BCUT2D eigenvalue weighted by molar-refractivity contribution is 14.1. The van der Waals surface area contributed by atoms with Gasteiger partial charge in [0.1, 0.15) is 0 Å². The third-order valence-corrected chi connectivity index (χ3v) is 1.19. The molecule has 11 heavy (non-hydrogen) atoms. The van der Waals surface area contributed by atoms with E-state index in [1.807, 2.05) is 5.92 Å². The molecule has 0 spiro atoms. The van der Waals surface area contributed by atoms with Crippen LogP contribution in [0.1, 0.15) is 0 Å². The van der Waals surface area contributed by atoms with Gasteiger partial charge in [0.25, 0.3) is 0 Å². The van der Waals surface area contributed by atoms with Crippen LogP contribution in [0, 0.1) is 12.3 Å². The minimum Gasteiger partial charge on any atom is -0.433 e. The number of carbonyl (C=O) groups is 1. The average molecular weight is 278 g/mol. The Morgan fingerprint density at radius 1 is 1.64 bits per heavy atom. The van der Waals surface area contributed by atoms with Crippen LogP contribution in [0.2, 0.25) is 0 Å². The lowest BCUT2D eigenvalue weighted by molar-refractivity contribution is -0.198. The summed E-state index contributed by atoms with van der Waals surface area (Å²) in [6, 6.07) is 0. The zero-order chi connectivity index (χ0) is 9.07.